The van der Waals surface area contributed by atoms with Crippen molar-refractivity contribution in [3.8, 4) is 5.75 Å². The van der Waals surface area contributed by atoms with Gasteiger partial charge in [-0.25, -0.2) is 0 Å². The summed E-state index contributed by atoms with van der Waals surface area (Å²) < 4.78 is 11.4. The molecule has 2 amide bonds. The van der Waals surface area contributed by atoms with Gasteiger partial charge in [0.2, 0.25) is 11.8 Å². The van der Waals surface area contributed by atoms with Gasteiger partial charge in [-0.05, 0) is 42.7 Å². The van der Waals surface area contributed by atoms with Crippen molar-refractivity contribution < 1.29 is 19.1 Å². The Labute approximate surface area is 181 Å². The van der Waals surface area contributed by atoms with E-state index >= 15 is 0 Å². The highest BCUT2D eigenvalue weighted by atomic mass is 16.5. The van der Waals surface area contributed by atoms with Crippen molar-refractivity contribution >= 4 is 17.5 Å². The molecule has 0 aromatic heterocycles. The molecule has 2 saturated heterocycles. The molecule has 0 aliphatic carbocycles. The first kappa shape index (κ1) is 19.8. The van der Waals surface area contributed by atoms with Gasteiger partial charge in [0.1, 0.15) is 11.4 Å². The molecule has 1 N–H and O–H groups in total. The SMILES string of the molecule is COc1ccc(N2C[C@@]34C=C[C@@H](O3)[C@@H](C(=O)NCCCc3ccccc3)[C@@H]4C2=O)cc1. The molecule has 1 spiro atoms. The molecule has 31 heavy (non-hydrogen) atoms. The van der Waals surface area contributed by atoms with Crippen LogP contribution in [0.25, 0.3) is 0 Å². The second-order valence-electron chi connectivity index (χ2n) is 8.40. The number of rotatable bonds is 7. The van der Waals surface area contributed by atoms with Crippen LogP contribution < -0.4 is 15.0 Å². The lowest BCUT2D eigenvalue weighted by Crippen LogP contribution is -2.44. The van der Waals surface area contributed by atoms with Crippen molar-refractivity contribution in [3.05, 3.63) is 72.3 Å². The number of ether oxygens (including phenoxy) is 2. The molecule has 4 atom stereocenters. The first-order valence-corrected chi connectivity index (χ1v) is 10.8. The zero-order valence-corrected chi connectivity index (χ0v) is 17.5. The van der Waals surface area contributed by atoms with Crippen LogP contribution in [0.15, 0.2) is 66.7 Å². The van der Waals surface area contributed by atoms with E-state index in [0.29, 0.717) is 13.1 Å². The quantitative estimate of drug-likeness (QED) is 0.555. The summed E-state index contributed by atoms with van der Waals surface area (Å²) in [6.07, 6.45) is 5.34. The van der Waals surface area contributed by atoms with Crippen LogP contribution in [0.3, 0.4) is 0 Å². The average Bonchev–Trinajstić information content (AvgIpc) is 3.45. The van der Waals surface area contributed by atoms with E-state index in [1.807, 2.05) is 54.6 Å². The smallest absolute Gasteiger partial charge is 0.234 e. The summed E-state index contributed by atoms with van der Waals surface area (Å²) in [6.45, 7) is 1.00. The molecule has 6 nitrogen and oxygen atoms in total. The number of hydrogen-bond acceptors (Lipinski definition) is 4. The lowest BCUT2D eigenvalue weighted by Gasteiger charge is -2.23. The highest BCUT2D eigenvalue weighted by molar-refractivity contribution is 6.03. The zero-order valence-electron chi connectivity index (χ0n) is 17.5. The van der Waals surface area contributed by atoms with Gasteiger partial charge in [-0.3, -0.25) is 9.59 Å². The largest absolute Gasteiger partial charge is 0.497 e. The van der Waals surface area contributed by atoms with Crippen molar-refractivity contribution in [1.29, 1.82) is 0 Å². The van der Waals surface area contributed by atoms with Crippen molar-refractivity contribution in [2.24, 2.45) is 11.8 Å². The Hall–Kier alpha value is -3.12. The number of aryl methyl sites for hydroxylation is 1. The molecule has 0 unspecified atom stereocenters. The van der Waals surface area contributed by atoms with Crippen LogP contribution in [0.4, 0.5) is 5.69 Å². The fraction of sp³-hybridized carbons (Fsp3) is 0.360. The van der Waals surface area contributed by atoms with Crippen LogP contribution in [-0.2, 0) is 20.7 Å². The van der Waals surface area contributed by atoms with Gasteiger partial charge in [0.25, 0.3) is 0 Å². The van der Waals surface area contributed by atoms with Gasteiger partial charge >= 0.3 is 0 Å². The number of nitrogens with one attached hydrogen (secondary N) is 1. The molecule has 0 saturated carbocycles. The van der Waals surface area contributed by atoms with Crippen molar-refractivity contribution in [1.82, 2.24) is 5.32 Å². The van der Waals surface area contributed by atoms with Gasteiger partial charge < -0.3 is 19.7 Å². The van der Waals surface area contributed by atoms with E-state index in [9.17, 15) is 9.59 Å². The molecule has 3 aliphatic heterocycles. The number of carbonyl (C=O) groups excluding carboxylic acids is 2. The molecular weight excluding hydrogens is 392 g/mol. The van der Waals surface area contributed by atoms with Crippen molar-refractivity contribution in [2.45, 2.75) is 24.5 Å². The van der Waals surface area contributed by atoms with Crippen LogP contribution in [0.5, 0.6) is 5.75 Å². The Morgan fingerprint density at radius 3 is 2.71 bits per heavy atom. The molecule has 3 aliphatic rings. The Morgan fingerprint density at radius 2 is 1.97 bits per heavy atom. The fourth-order valence-electron chi connectivity index (χ4n) is 5.05. The first-order valence-electron chi connectivity index (χ1n) is 10.8. The minimum absolute atomic E-state index is 0.0542. The van der Waals surface area contributed by atoms with E-state index in [1.54, 1.807) is 12.0 Å². The standard InChI is InChI=1S/C25H26N2O4/c1-30-19-11-9-18(10-12-19)27-16-25-14-13-20(31-25)21(22(25)24(27)29)23(28)26-15-5-8-17-6-3-2-4-7-17/h2-4,6-7,9-14,20-22H,5,8,15-16H2,1H3,(H,26,28)/t20-,21-,22-,25-/m1/s1. The third kappa shape index (κ3) is 3.41. The number of anilines is 1. The highest BCUT2D eigenvalue weighted by Crippen LogP contribution is 2.52. The summed E-state index contributed by atoms with van der Waals surface area (Å²) in [5.74, 6) is -0.393. The number of methoxy groups -OCH3 is 1. The Balaban J connectivity index is 1.26. The number of carbonyl (C=O) groups is 2. The average molecular weight is 418 g/mol. The molecule has 3 heterocycles. The molecule has 2 fully saturated rings. The Bertz CT molecular complexity index is 1000. The second-order valence-corrected chi connectivity index (χ2v) is 8.40. The van der Waals surface area contributed by atoms with Crippen molar-refractivity contribution in [2.75, 3.05) is 25.1 Å². The van der Waals surface area contributed by atoms with Crippen LogP contribution in [-0.4, -0.2) is 43.7 Å². The Kier molecular flexibility index (Phi) is 5.02. The lowest BCUT2D eigenvalue weighted by molar-refractivity contribution is -0.131. The number of hydrogen-bond donors (Lipinski definition) is 1. The normalized spacial score (nSPS) is 28.1. The third-order valence-corrected chi connectivity index (χ3v) is 6.57. The molecule has 2 aromatic rings. The predicted octanol–water partition coefficient (Wildman–Crippen LogP) is 2.73. The maximum Gasteiger partial charge on any atom is 0.234 e. The molecule has 5 rings (SSSR count). The highest BCUT2D eigenvalue weighted by Gasteiger charge is 2.67. The van der Waals surface area contributed by atoms with Crippen LogP contribution in [0.1, 0.15) is 12.0 Å². The fourth-order valence-corrected chi connectivity index (χ4v) is 5.05. The maximum atomic E-state index is 13.4. The van der Waals surface area contributed by atoms with Gasteiger partial charge in [0.15, 0.2) is 0 Å². The predicted molar refractivity (Wildman–Crippen MR) is 117 cm³/mol. The number of amides is 2. The molecule has 6 heteroatoms. The summed E-state index contributed by atoms with van der Waals surface area (Å²) in [5.41, 5.74) is 1.33. The summed E-state index contributed by atoms with van der Waals surface area (Å²) >= 11 is 0. The molecule has 160 valence electrons. The third-order valence-electron chi connectivity index (χ3n) is 6.57. The van der Waals surface area contributed by atoms with Gasteiger partial charge in [0, 0.05) is 12.2 Å². The van der Waals surface area contributed by atoms with Crippen LogP contribution in [0, 0.1) is 11.8 Å². The number of fused-ring (bicyclic) bond motifs is 1. The number of nitrogens with zero attached hydrogens (tertiary/aromatic N) is 1. The van der Waals surface area contributed by atoms with E-state index in [4.69, 9.17) is 9.47 Å². The summed E-state index contributed by atoms with van der Waals surface area (Å²) in [4.78, 5) is 28.1. The minimum atomic E-state index is -0.715. The van der Waals surface area contributed by atoms with E-state index in [-0.39, 0.29) is 17.9 Å². The summed E-state index contributed by atoms with van der Waals surface area (Å²) in [6, 6.07) is 17.6. The lowest BCUT2D eigenvalue weighted by atomic mass is 9.77. The molecule has 0 radical (unpaired) electrons. The minimum Gasteiger partial charge on any atom is -0.497 e. The zero-order chi connectivity index (χ0) is 21.4. The Morgan fingerprint density at radius 1 is 1.19 bits per heavy atom. The summed E-state index contributed by atoms with van der Waals surface area (Å²) in [5, 5.41) is 3.04. The van der Waals surface area contributed by atoms with E-state index in [0.717, 1.165) is 24.3 Å². The van der Waals surface area contributed by atoms with Crippen molar-refractivity contribution in [3.63, 3.8) is 0 Å². The maximum absolute atomic E-state index is 13.4. The number of benzene rings is 2. The second kappa shape index (κ2) is 7.85. The monoisotopic (exact) mass is 418 g/mol. The van der Waals surface area contributed by atoms with E-state index in [2.05, 4.69) is 17.4 Å². The van der Waals surface area contributed by atoms with E-state index < -0.39 is 17.4 Å². The molecule has 2 aromatic carbocycles. The van der Waals surface area contributed by atoms with Gasteiger partial charge in [-0.2, -0.15) is 0 Å². The molecular formula is C25H26N2O4. The first-order chi connectivity index (χ1) is 15.1. The van der Waals surface area contributed by atoms with Gasteiger partial charge in [-0.1, -0.05) is 42.5 Å². The summed E-state index contributed by atoms with van der Waals surface area (Å²) in [7, 11) is 1.61. The van der Waals surface area contributed by atoms with Gasteiger partial charge in [0.05, 0.1) is 31.6 Å². The van der Waals surface area contributed by atoms with Crippen LogP contribution >= 0.6 is 0 Å². The van der Waals surface area contributed by atoms with Gasteiger partial charge in [-0.15, -0.1) is 0 Å². The topological polar surface area (TPSA) is 67.9 Å². The van der Waals surface area contributed by atoms with Crippen LogP contribution in [0.2, 0.25) is 0 Å². The molecule has 2 bridgehead atoms. The van der Waals surface area contributed by atoms with E-state index in [1.165, 1.54) is 5.56 Å².